The average molecular weight is 250 g/mol. The van der Waals surface area contributed by atoms with E-state index in [1.54, 1.807) is 11.3 Å². The number of H-pyrrole nitrogens is 1. The first-order valence-corrected chi connectivity index (χ1v) is 6.69. The predicted octanol–water partition coefficient (Wildman–Crippen LogP) is 2.59. The second-order valence-corrected chi connectivity index (χ2v) is 5.29. The Kier molecular flexibility index (Phi) is 3.91. The SMILES string of the molecule is CCc1cnc(C(C)NCc2cn[nH]c2C)s1. The summed E-state index contributed by atoms with van der Waals surface area (Å²) in [4.78, 5) is 5.78. The number of hydrogen-bond donors (Lipinski definition) is 2. The summed E-state index contributed by atoms with van der Waals surface area (Å²) in [6.07, 6.45) is 4.90. The van der Waals surface area contributed by atoms with E-state index >= 15 is 0 Å². The van der Waals surface area contributed by atoms with Gasteiger partial charge in [-0.3, -0.25) is 5.10 Å². The van der Waals surface area contributed by atoms with Crippen molar-refractivity contribution in [1.82, 2.24) is 20.5 Å². The fourth-order valence-electron chi connectivity index (χ4n) is 1.59. The monoisotopic (exact) mass is 250 g/mol. The van der Waals surface area contributed by atoms with Crippen LogP contribution in [0.2, 0.25) is 0 Å². The zero-order chi connectivity index (χ0) is 12.3. The summed E-state index contributed by atoms with van der Waals surface area (Å²) < 4.78 is 0. The Morgan fingerprint density at radius 3 is 2.88 bits per heavy atom. The van der Waals surface area contributed by atoms with Gasteiger partial charge in [0, 0.05) is 28.9 Å². The zero-order valence-electron chi connectivity index (χ0n) is 10.4. The Morgan fingerprint density at radius 2 is 2.29 bits per heavy atom. The van der Waals surface area contributed by atoms with Crippen molar-refractivity contribution in [2.24, 2.45) is 0 Å². The Balaban J connectivity index is 1.93. The van der Waals surface area contributed by atoms with E-state index in [0.29, 0.717) is 0 Å². The maximum atomic E-state index is 4.44. The van der Waals surface area contributed by atoms with Crippen molar-refractivity contribution < 1.29 is 0 Å². The summed E-state index contributed by atoms with van der Waals surface area (Å²) in [6, 6.07) is 0.287. The second-order valence-electron chi connectivity index (χ2n) is 4.14. The molecule has 2 aromatic rings. The van der Waals surface area contributed by atoms with Crippen molar-refractivity contribution in [3.8, 4) is 0 Å². The lowest BCUT2D eigenvalue weighted by Crippen LogP contribution is -2.18. The maximum absolute atomic E-state index is 4.44. The molecule has 2 heterocycles. The second kappa shape index (κ2) is 5.42. The van der Waals surface area contributed by atoms with Crippen molar-refractivity contribution in [3.05, 3.63) is 33.5 Å². The molecule has 0 radical (unpaired) electrons. The number of aromatic nitrogens is 3. The summed E-state index contributed by atoms with van der Waals surface area (Å²) >= 11 is 1.79. The molecule has 92 valence electrons. The number of hydrogen-bond acceptors (Lipinski definition) is 4. The highest BCUT2D eigenvalue weighted by molar-refractivity contribution is 7.11. The Hall–Kier alpha value is -1.20. The topological polar surface area (TPSA) is 53.6 Å². The third kappa shape index (κ3) is 2.92. The van der Waals surface area contributed by atoms with Crippen LogP contribution in [0.25, 0.3) is 0 Å². The normalized spacial score (nSPS) is 12.9. The molecule has 5 heteroatoms. The Morgan fingerprint density at radius 1 is 1.47 bits per heavy atom. The van der Waals surface area contributed by atoms with Crippen molar-refractivity contribution in [1.29, 1.82) is 0 Å². The summed E-state index contributed by atoms with van der Waals surface area (Å²) in [5, 5.41) is 11.6. The van der Waals surface area contributed by atoms with Crippen LogP contribution in [0, 0.1) is 6.92 Å². The van der Waals surface area contributed by atoms with Crippen LogP contribution in [0.15, 0.2) is 12.4 Å². The van der Waals surface area contributed by atoms with E-state index in [2.05, 4.69) is 34.3 Å². The van der Waals surface area contributed by atoms with Crippen LogP contribution in [0.1, 0.15) is 41.0 Å². The lowest BCUT2D eigenvalue weighted by atomic mass is 10.2. The van der Waals surface area contributed by atoms with E-state index in [1.165, 1.54) is 10.4 Å². The van der Waals surface area contributed by atoms with Crippen molar-refractivity contribution in [2.75, 3.05) is 0 Å². The molecule has 0 bridgehead atoms. The Labute approximate surface area is 105 Å². The highest BCUT2D eigenvalue weighted by Crippen LogP contribution is 2.20. The minimum atomic E-state index is 0.287. The minimum Gasteiger partial charge on any atom is -0.304 e. The van der Waals surface area contributed by atoms with E-state index in [1.807, 2.05) is 19.3 Å². The van der Waals surface area contributed by atoms with Gasteiger partial charge in [-0.05, 0) is 20.3 Å². The lowest BCUT2D eigenvalue weighted by molar-refractivity contribution is 0.570. The number of aromatic amines is 1. The molecule has 0 amide bonds. The van der Waals surface area contributed by atoms with Gasteiger partial charge in [-0.2, -0.15) is 5.10 Å². The van der Waals surface area contributed by atoms with Crippen molar-refractivity contribution in [2.45, 2.75) is 39.8 Å². The number of nitrogens with one attached hydrogen (secondary N) is 2. The van der Waals surface area contributed by atoms with Crippen LogP contribution in [0.5, 0.6) is 0 Å². The number of nitrogens with zero attached hydrogens (tertiary/aromatic N) is 2. The van der Waals surface area contributed by atoms with E-state index in [0.717, 1.165) is 23.7 Å². The molecule has 2 N–H and O–H groups in total. The molecule has 1 atom stereocenters. The van der Waals surface area contributed by atoms with Gasteiger partial charge in [-0.25, -0.2) is 4.98 Å². The van der Waals surface area contributed by atoms with E-state index < -0.39 is 0 Å². The largest absolute Gasteiger partial charge is 0.304 e. The molecular formula is C12H18N4S. The number of thiazole rings is 1. The standard InChI is InChI=1S/C12H18N4S/c1-4-11-7-14-12(17-11)9(3)13-5-10-6-15-16-8(10)2/h6-7,9,13H,4-5H2,1-3H3,(H,15,16). The average Bonchev–Trinajstić information content (AvgIpc) is 2.94. The van der Waals surface area contributed by atoms with Gasteiger partial charge in [0.1, 0.15) is 5.01 Å². The molecule has 0 aromatic carbocycles. The van der Waals surface area contributed by atoms with Gasteiger partial charge in [0.2, 0.25) is 0 Å². The third-order valence-electron chi connectivity index (χ3n) is 2.82. The summed E-state index contributed by atoms with van der Waals surface area (Å²) in [7, 11) is 0. The molecule has 0 aliphatic heterocycles. The van der Waals surface area contributed by atoms with Gasteiger partial charge in [-0.1, -0.05) is 6.92 Å². The Bertz CT molecular complexity index is 474. The molecule has 0 aliphatic carbocycles. The van der Waals surface area contributed by atoms with Crippen LogP contribution in [0.4, 0.5) is 0 Å². The van der Waals surface area contributed by atoms with Crippen LogP contribution < -0.4 is 5.32 Å². The minimum absolute atomic E-state index is 0.287. The molecule has 0 spiro atoms. The molecule has 0 aliphatic rings. The predicted molar refractivity (Wildman–Crippen MR) is 70.1 cm³/mol. The fraction of sp³-hybridized carbons (Fsp3) is 0.500. The maximum Gasteiger partial charge on any atom is 0.109 e. The van der Waals surface area contributed by atoms with Gasteiger partial charge >= 0.3 is 0 Å². The van der Waals surface area contributed by atoms with Crippen LogP contribution in [0.3, 0.4) is 0 Å². The van der Waals surface area contributed by atoms with Crippen molar-refractivity contribution in [3.63, 3.8) is 0 Å². The van der Waals surface area contributed by atoms with Gasteiger partial charge in [0.05, 0.1) is 12.2 Å². The zero-order valence-corrected chi connectivity index (χ0v) is 11.3. The first-order valence-electron chi connectivity index (χ1n) is 5.87. The lowest BCUT2D eigenvalue weighted by Gasteiger charge is -2.10. The highest BCUT2D eigenvalue weighted by Gasteiger charge is 2.10. The molecule has 1 unspecified atom stereocenters. The molecular weight excluding hydrogens is 232 g/mol. The van der Waals surface area contributed by atoms with Crippen LogP contribution >= 0.6 is 11.3 Å². The number of rotatable bonds is 5. The molecule has 0 saturated heterocycles. The van der Waals surface area contributed by atoms with Gasteiger partial charge in [-0.15, -0.1) is 11.3 Å². The first kappa shape index (κ1) is 12.3. The van der Waals surface area contributed by atoms with Crippen LogP contribution in [-0.2, 0) is 13.0 Å². The van der Waals surface area contributed by atoms with Crippen LogP contribution in [-0.4, -0.2) is 15.2 Å². The van der Waals surface area contributed by atoms with Gasteiger partial charge < -0.3 is 5.32 Å². The molecule has 0 fully saturated rings. The van der Waals surface area contributed by atoms with Crippen molar-refractivity contribution >= 4 is 11.3 Å². The highest BCUT2D eigenvalue weighted by atomic mass is 32.1. The fourth-order valence-corrected chi connectivity index (χ4v) is 2.47. The summed E-state index contributed by atoms with van der Waals surface area (Å²) in [5.41, 5.74) is 2.34. The van der Waals surface area contributed by atoms with E-state index in [9.17, 15) is 0 Å². The molecule has 17 heavy (non-hydrogen) atoms. The molecule has 4 nitrogen and oxygen atoms in total. The van der Waals surface area contributed by atoms with E-state index in [4.69, 9.17) is 0 Å². The molecule has 2 rings (SSSR count). The molecule has 2 aromatic heterocycles. The third-order valence-corrected chi connectivity index (χ3v) is 4.15. The van der Waals surface area contributed by atoms with E-state index in [-0.39, 0.29) is 6.04 Å². The number of aryl methyl sites for hydroxylation is 2. The quantitative estimate of drug-likeness (QED) is 0.857. The summed E-state index contributed by atoms with van der Waals surface area (Å²) in [6.45, 7) is 7.16. The van der Waals surface area contributed by atoms with Gasteiger partial charge in [0.25, 0.3) is 0 Å². The van der Waals surface area contributed by atoms with Gasteiger partial charge in [0.15, 0.2) is 0 Å². The molecule has 0 saturated carbocycles. The summed E-state index contributed by atoms with van der Waals surface area (Å²) in [5.74, 6) is 0. The first-order chi connectivity index (χ1) is 8.20. The smallest absolute Gasteiger partial charge is 0.109 e.